The first kappa shape index (κ1) is 15.7. The highest BCUT2D eigenvalue weighted by molar-refractivity contribution is 7.90. The first-order chi connectivity index (χ1) is 8.50. The summed E-state index contributed by atoms with van der Waals surface area (Å²) in [6.07, 6.45) is 1.09. The predicted molar refractivity (Wildman–Crippen MR) is 72.9 cm³/mol. The van der Waals surface area contributed by atoms with Crippen LogP contribution >= 0.6 is 0 Å². The van der Waals surface area contributed by atoms with Crippen LogP contribution in [0.3, 0.4) is 0 Å². The van der Waals surface area contributed by atoms with Crippen LogP contribution in [0.2, 0.25) is 0 Å². The van der Waals surface area contributed by atoms with Crippen molar-refractivity contribution in [2.24, 2.45) is 0 Å². The number of nitrogens with one attached hydrogen (secondary N) is 1. The number of carbonyl (C=O) groups is 1. The number of hydrogen-bond acceptors (Lipinski definition) is 4. The molecule has 0 saturated carbocycles. The SMILES string of the molecule is Cc1ccc(S(C)(=O)=O)cc1C(=O)NCC(C)(C)O. The fourth-order valence-electron chi connectivity index (χ4n) is 1.47. The van der Waals surface area contributed by atoms with Crippen LogP contribution < -0.4 is 5.32 Å². The molecule has 0 heterocycles. The second kappa shape index (κ2) is 5.30. The minimum absolute atomic E-state index is 0.0916. The van der Waals surface area contributed by atoms with E-state index in [0.29, 0.717) is 11.1 Å². The fraction of sp³-hybridized carbons (Fsp3) is 0.462. The monoisotopic (exact) mass is 285 g/mol. The zero-order valence-corrected chi connectivity index (χ0v) is 12.3. The van der Waals surface area contributed by atoms with Crippen LogP contribution in [0.15, 0.2) is 23.1 Å². The average molecular weight is 285 g/mol. The number of aliphatic hydroxyl groups is 1. The molecule has 2 N–H and O–H groups in total. The van der Waals surface area contributed by atoms with Gasteiger partial charge in [0.1, 0.15) is 0 Å². The Bertz CT molecular complexity index is 585. The van der Waals surface area contributed by atoms with Gasteiger partial charge in [-0.25, -0.2) is 8.42 Å². The lowest BCUT2D eigenvalue weighted by Crippen LogP contribution is -2.38. The van der Waals surface area contributed by atoms with Gasteiger partial charge in [-0.15, -0.1) is 0 Å². The summed E-state index contributed by atoms with van der Waals surface area (Å²) < 4.78 is 22.9. The van der Waals surface area contributed by atoms with Crippen molar-refractivity contribution < 1.29 is 18.3 Å². The Hall–Kier alpha value is -1.40. The second-order valence-electron chi connectivity index (χ2n) is 5.24. The first-order valence-corrected chi connectivity index (χ1v) is 7.71. The van der Waals surface area contributed by atoms with E-state index in [1.54, 1.807) is 26.8 Å². The van der Waals surface area contributed by atoms with Crippen molar-refractivity contribution >= 4 is 15.7 Å². The van der Waals surface area contributed by atoms with Gasteiger partial charge >= 0.3 is 0 Å². The van der Waals surface area contributed by atoms with E-state index >= 15 is 0 Å². The lowest BCUT2D eigenvalue weighted by atomic mass is 10.1. The molecule has 0 fully saturated rings. The van der Waals surface area contributed by atoms with E-state index in [1.807, 2.05) is 0 Å². The van der Waals surface area contributed by atoms with E-state index in [2.05, 4.69) is 5.32 Å². The number of amides is 1. The normalized spacial score (nSPS) is 12.3. The minimum atomic E-state index is -3.35. The molecule has 1 aromatic rings. The van der Waals surface area contributed by atoms with Crippen LogP contribution in [-0.4, -0.2) is 37.8 Å². The quantitative estimate of drug-likeness (QED) is 0.861. The number of sulfone groups is 1. The van der Waals surface area contributed by atoms with Crippen LogP contribution in [0, 0.1) is 6.92 Å². The molecule has 1 aromatic carbocycles. The molecule has 19 heavy (non-hydrogen) atoms. The van der Waals surface area contributed by atoms with Gasteiger partial charge in [0.15, 0.2) is 9.84 Å². The largest absolute Gasteiger partial charge is 0.389 e. The van der Waals surface area contributed by atoms with Crippen molar-refractivity contribution in [3.05, 3.63) is 29.3 Å². The summed E-state index contributed by atoms with van der Waals surface area (Å²) in [4.78, 5) is 12.1. The van der Waals surface area contributed by atoms with Gasteiger partial charge in [0, 0.05) is 18.4 Å². The topological polar surface area (TPSA) is 83.5 Å². The third-order valence-electron chi connectivity index (χ3n) is 2.56. The third-order valence-corrected chi connectivity index (χ3v) is 3.67. The van der Waals surface area contributed by atoms with Gasteiger partial charge in [-0.05, 0) is 38.5 Å². The third kappa shape index (κ3) is 4.65. The Morgan fingerprint density at radius 1 is 1.37 bits per heavy atom. The molecule has 0 aromatic heterocycles. The fourth-order valence-corrected chi connectivity index (χ4v) is 2.12. The van der Waals surface area contributed by atoms with E-state index in [1.165, 1.54) is 12.1 Å². The molecule has 6 heteroatoms. The molecule has 0 bridgehead atoms. The summed E-state index contributed by atoms with van der Waals surface area (Å²) in [5.74, 6) is -0.398. The van der Waals surface area contributed by atoms with E-state index in [9.17, 15) is 18.3 Å². The van der Waals surface area contributed by atoms with Gasteiger partial charge < -0.3 is 10.4 Å². The van der Waals surface area contributed by atoms with Gasteiger partial charge in [-0.3, -0.25) is 4.79 Å². The summed E-state index contributed by atoms with van der Waals surface area (Å²) in [6.45, 7) is 4.97. The van der Waals surface area contributed by atoms with Gasteiger partial charge in [-0.2, -0.15) is 0 Å². The number of benzene rings is 1. The summed E-state index contributed by atoms with van der Waals surface area (Å²) in [7, 11) is -3.35. The van der Waals surface area contributed by atoms with Crippen LogP contribution in [0.4, 0.5) is 0 Å². The highest BCUT2D eigenvalue weighted by atomic mass is 32.2. The van der Waals surface area contributed by atoms with Crippen molar-refractivity contribution in [3.8, 4) is 0 Å². The molecular weight excluding hydrogens is 266 g/mol. The lowest BCUT2D eigenvalue weighted by molar-refractivity contribution is 0.0694. The van der Waals surface area contributed by atoms with Crippen LogP contribution in [0.5, 0.6) is 0 Å². The molecule has 0 aliphatic heterocycles. The Labute approximate surface area is 113 Å². The number of aryl methyl sites for hydroxylation is 1. The van der Waals surface area contributed by atoms with Gasteiger partial charge in [0.25, 0.3) is 5.91 Å². The molecule has 0 spiro atoms. The molecule has 0 radical (unpaired) electrons. The van der Waals surface area contributed by atoms with Crippen molar-refractivity contribution in [1.82, 2.24) is 5.32 Å². The van der Waals surface area contributed by atoms with Crippen molar-refractivity contribution in [2.75, 3.05) is 12.8 Å². The van der Waals surface area contributed by atoms with E-state index in [4.69, 9.17) is 0 Å². The summed E-state index contributed by atoms with van der Waals surface area (Å²) in [6, 6.07) is 4.41. The molecule has 1 amide bonds. The maximum atomic E-state index is 12.0. The van der Waals surface area contributed by atoms with E-state index in [0.717, 1.165) is 6.26 Å². The Morgan fingerprint density at radius 3 is 2.42 bits per heavy atom. The summed E-state index contributed by atoms with van der Waals surface area (Å²) in [5, 5.41) is 12.1. The van der Waals surface area contributed by atoms with Crippen LogP contribution in [0.1, 0.15) is 29.8 Å². The zero-order valence-electron chi connectivity index (χ0n) is 11.5. The van der Waals surface area contributed by atoms with Crippen molar-refractivity contribution in [1.29, 1.82) is 0 Å². The molecular formula is C13H19NO4S. The molecule has 1 rings (SSSR count). The summed E-state index contributed by atoms with van der Waals surface area (Å²) in [5.41, 5.74) is -0.0364. The Balaban J connectivity index is 3.03. The predicted octanol–water partition coefficient (Wildman–Crippen LogP) is 0.899. The molecule has 0 aliphatic rings. The highest BCUT2D eigenvalue weighted by Crippen LogP contribution is 2.15. The van der Waals surface area contributed by atoms with Gasteiger partial charge in [0.2, 0.25) is 0 Å². The summed E-state index contributed by atoms with van der Waals surface area (Å²) >= 11 is 0. The smallest absolute Gasteiger partial charge is 0.251 e. The molecule has 0 unspecified atom stereocenters. The van der Waals surface area contributed by atoms with Crippen LogP contribution in [0.25, 0.3) is 0 Å². The van der Waals surface area contributed by atoms with Crippen molar-refractivity contribution in [2.45, 2.75) is 31.3 Å². The molecule has 5 nitrogen and oxygen atoms in total. The van der Waals surface area contributed by atoms with E-state index < -0.39 is 21.3 Å². The Kier molecular flexibility index (Phi) is 4.37. The number of carbonyl (C=O) groups excluding carboxylic acids is 1. The van der Waals surface area contributed by atoms with E-state index in [-0.39, 0.29) is 11.4 Å². The number of hydrogen-bond donors (Lipinski definition) is 2. The van der Waals surface area contributed by atoms with Gasteiger partial charge in [0.05, 0.1) is 10.5 Å². The second-order valence-corrected chi connectivity index (χ2v) is 7.26. The maximum absolute atomic E-state index is 12.0. The molecule has 0 saturated heterocycles. The first-order valence-electron chi connectivity index (χ1n) is 5.82. The van der Waals surface area contributed by atoms with Gasteiger partial charge in [-0.1, -0.05) is 6.07 Å². The standard InChI is InChI=1S/C13H19NO4S/c1-9-5-6-10(19(4,17)18)7-11(9)12(15)14-8-13(2,3)16/h5-7,16H,8H2,1-4H3,(H,14,15). The molecule has 0 atom stereocenters. The lowest BCUT2D eigenvalue weighted by Gasteiger charge is -2.18. The number of rotatable bonds is 4. The molecule has 0 aliphatic carbocycles. The zero-order chi connectivity index (χ0) is 14.8. The van der Waals surface area contributed by atoms with Crippen LogP contribution in [-0.2, 0) is 9.84 Å². The van der Waals surface area contributed by atoms with Crippen molar-refractivity contribution in [3.63, 3.8) is 0 Å². The maximum Gasteiger partial charge on any atom is 0.251 e. The molecule has 106 valence electrons. The average Bonchev–Trinajstić information content (AvgIpc) is 2.24. The Morgan fingerprint density at radius 2 is 1.95 bits per heavy atom. The highest BCUT2D eigenvalue weighted by Gasteiger charge is 2.17. The minimum Gasteiger partial charge on any atom is -0.389 e.